The van der Waals surface area contributed by atoms with Crippen LogP contribution in [0.4, 0.5) is 16.3 Å². The third kappa shape index (κ3) is 4.54. The number of aromatic nitrogens is 1. The summed E-state index contributed by atoms with van der Waals surface area (Å²) in [6.45, 7) is 9.08. The molecule has 1 aromatic carbocycles. The lowest BCUT2D eigenvalue weighted by Gasteiger charge is -2.32. The van der Waals surface area contributed by atoms with Gasteiger partial charge < -0.3 is 15.4 Å². The molecule has 6 nitrogen and oxygen atoms in total. The Kier molecular flexibility index (Phi) is 5.62. The van der Waals surface area contributed by atoms with Gasteiger partial charge in [0.1, 0.15) is 18.1 Å². The third-order valence-corrected chi connectivity index (χ3v) is 7.12. The van der Waals surface area contributed by atoms with Gasteiger partial charge in [0, 0.05) is 5.69 Å². The second-order valence-electron chi connectivity index (χ2n) is 7.74. The Labute approximate surface area is 165 Å². The molecule has 144 valence electrons. The Morgan fingerprint density at radius 2 is 1.74 bits per heavy atom. The fourth-order valence-electron chi connectivity index (χ4n) is 3.12. The van der Waals surface area contributed by atoms with Crippen molar-refractivity contribution in [2.75, 3.05) is 36.4 Å². The van der Waals surface area contributed by atoms with Crippen LogP contribution in [0.3, 0.4) is 0 Å². The van der Waals surface area contributed by atoms with Crippen LogP contribution in [0.25, 0.3) is 0 Å². The fraction of sp³-hybridized carbons (Fsp3) is 0.368. The van der Waals surface area contributed by atoms with E-state index in [1.165, 1.54) is 11.4 Å². The molecule has 2 heterocycles. The Morgan fingerprint density at radius 1 is 1.11 bits per heavy atom. The van der Waals surface area contributed by atoms with E-state index in [4.69, 9.17) is 11.6 Å². The molecule has 0 saturated carbocycles. The maximum atomic E-state index is 12.5. The smallest absolute Gasteiger partial charge is 0.322 e. The number of nitrogens with one attached hydrogen (secondary N) is 1. The Bertz CT molecular complexity index is 795. The summed E-state index contributed by atoms with van der Waals surface area (Å²) in [6.07, 6.45) is 1.43. The van der Waals surface area contributed by atoms with Crippen LogP contribution in [0.2, 0.25) is 24.7 Å². The average Bonchev–Trinajstić information content (AvgIpc) is 2.62. The van der Waals surface area contributed by atoms with Crippen LogP contribution in [-0.4, -0.2) is 45.2 Å². The van der Waals surface area contributed by atoms with E-state index in [2.05, 4.69) is 37.1 Å². The molecule has 1 aliphatic heterocycles. The van der Waals surface area contributed by atoms with Gasteiger partial charge in [0.05, 0.1) is 27.4 Å². The molecule has 0 atom stereocenters. The van der Waals surface area contributed by atoms with Crippen molar-refractivity contribution in [1.29, 1.82) is 0 Å². The number of piperazine rings is 1. The van der Waals surface area contributed by atoms with Gasteiger partial charge in [-0.25, -0.2) is 9.52 Å². The Morgan fingerprint density at radius 3 is 2.30 bits per heavy atom. The number of urea groups is 1. The predicted octanol–water partition coefficient (Wildman–Crippen LogP) is 2.87. The molecule has 0 radical (unpaired) electrons. The van der Waals surface area contributed by atoms with Gasteiger partial charge in [0.15, 0.2) is 0 Å². The van der Waals surface area contributed by atoms with Crippen LogP contribution >= 0.6 is 11.6 Å². The monoisotopic (exact) mass is 404 g/mol. The van der Waals surface area contributed by atoms with Crippen molar-refractivity contribution >= 4 is 42.4 Å². The second-order valence-corrected chi connectivity index (χ2v) is 13.2. The number of hydrogen-bond donors (Lipinski definition) is 1. The van der Waals surface area contributed by atoms with Gasteiger partial charge in [-0.15, -0.1) is 0 Å². The van der Waals surface area contributed by atoms with E-state index in [0.717, 1.165) is 10.4 Å². The van der Waals surface area contributed by atoms with Gasteiger partial charge in [-0.3, -0.25) is 4.90 Å². The summed E-state index contributed by atoms with van der Waals surface area (Å²) in [6, 6.07) is 11.3. The Balaban J connectivity index is 1.59. The average molecular weight is 405 g/mol. The minimum absolute atomic E-state index is 0.121. The highest BCUT2D eigenvalue weighted by molar-refractivity contribution is 6.88. The maximum absolute atomic E-state index is 12.5. The SMILES string of the molecule is C[Si](C)(C)c1ccc(NC(=O)N2CCN(c3c(Cl)ccc[n+]3[O-])CC2)cc1. The van der Waals surface area contributed by atoms with Crippen molar-refractivity contribution in [1.82, 2.24) is 4.90 Å². The predicted molar refractivity (Wildman–Crippen MR) is 113 cm³/mol. The number of carbonyl (C=O) groups is 1. The van der Waals surface area contributed by atoms with E-state index >= 15 is 0 Å². The molecule has 1 aliphatic rings. The molecular weight excluding hydrogens is 380 g/mol. The zero-order valence-corrected chi connectivity index (χ0v) is 17.7. The van der Waals surface area contributed by atoms with E-state index in [0.29, 0.717) is 37.0 Å². The lowest BCUT2D eigenvalue weighted by Crippen LogP contribution is -2.52. The first-order chi connectivity index (χ1) is 12.8. The number of amides is 2. The number of pyridine rings is 1. The van der Waals surface area contributed by atoms with Crippen LogP contribution in [0.15, 0.2) is 42.6 Å². The standard InChI is InChI=1S/C19H25ClN4O2Si/c1-27(2,3)16-8-6-15(7-9-16)21-19(25)23-13-11-22(12-14-23)18-17(20)5-4-10-24(18)26/h4-10H,11-14H2,1-3H3,(H,21,25). The van der Waals surface area contributed by atoms with Gasteiger partial charge >= 0.3 is 6.03 Å². The van der Waals surface area contributed by atoms with Gasteiger partial charge in [-0.05, 0) is 24.3 Å². The fourth-order valence-corrected chi connectivity index (χ4v) is 4.57. The minimum atomic E-state index is -1.34. The van der Waals surface area contributed by atoms with Crippen LogP contribution in [0.5, 0.6) is 0 Å². The number of halogens is 1. The first-order valence-corrected chi connectivity index (χ1v) is 12.9. The van der Waals surface area contributed by atoms with Crippen LogP contribution in [0, 0.1) is 5.21 Å². The molecule has 1 aromatic heterocycles. The first kappa shape index (κ1) is 19.5. The summed E-state index contributed by atoms with van der Waals surface area (Å²) in [5.41, 5.74) is 0.799. The summed E-state index contributed by atoms with van der Waals surface area (Å²) < 4.78 is 0.776. The molecule has 0 spiro atoms. The highest BCUT2D eigenvalue weighted by atomic mass is 35.5. The molecule has 1 fully saturated rings. The molecule has 27 heavy (non-hydrogen) atoms. The van der Waals surface area contributed by atoms with Crippen LogP contribution in [0.1, 0.15) is 0 Å². The van der Waals surface area contributed by atoms with E-state index in [-0.39, 0.29) is 6.03 Å². The molecule has 1 saturated heterocycles. The number of rotatable bonds is 3. The quantitative estimate of drug-likeness (QED) is 0.486. The zero-order chi connectivity index (χ0) is 19.6. The molecule has 0 bridgehead atoms. The van der Waals surface area contributed by atoms with Crippen LogP contribution in [-0.2, 0) is 0 Å². The molecule has 8 heteroatoms. The molecule has 3 rings (SSSR count). The first-order valence-electron chi connectivity index (χ1n) is 9.05. The molecule has 0 unspecified atom stereocenters. The lowest BCUT2D eigenvalue weighted by molar-refractivity contribution is -0.592. The normalized spacial score (nSPS) is 15.0. The molecule has 2 aromatic rings. The van der Waals surface area contributed by atoms with Crippen molar-refractivity contribution in [3.8, 4) is 0 Å². The number of nitrogens with zero attached hydrogens (tertiary/aromatic N) is 3. The largest absolute Gasteiger partial charge is 0.711 e. The maximum Gasteiger partial charge on any atom is 0.322 e. The number of benzene rings is 1. The van der Waals surface area contributed by atoms with Crippen molar-refractivity contribution in [3.05, 3.63) is 52.8 Å². The van der Waals surface area contributed by atoms with E-state index in [9.17, 15) is 10.0 Å². The van der Waals surface area contributed by atoms with Gasteiger partial charge in [0.25, 0.3) is 5.82 Å². The van der Waals surface area contributed by atoms with Crippen molar-refractivity contribution in [3.63, 3.8) is 0 Å². The van der Waals surface area contributed by atoms with Gasteiger partial charge in [-0.2, -0.15) is 0 Å². The van der Waals surface area contributed by atoms with Gasteiger partial charge in [0.2, 0.25) is 0 Å². The summed E-state index contributed by atoms with van der Waals surface area (Å²) in [5, 5.41) is 16.7. The van der Waals surface area contributed by atoms with Gasteiger partial charge in [-0.1, -0.05) is 48.6 Å². The minimum Gasteiger partial charge on any atom is -0.711 e. The molecule has 0 aliphatic carbocycles. The van der Waals surface area contributed by atoms with Crippen LogP contribution < -0.4 is 20.1 Å². The highest BCUT2D eigenvalue weighted by Crippen LogP contribution is 2.22. The summed E-state index contributed by atoms with van der Waals surface area (Å²) in [4.78, 5) is 16.2. The van der Waals surface area contributed by atoms with E-state index < -0.39 is 8.07 Å². The van der Waals surface area contributed by atoms with E-state index in [1.54, 1.807) is 17.0 Å². The van der Waals surface area contributed by atoms with Crippen molar-refractivity contribution in [2.24, 2.45) is 0 Å². The van der Waals surface area contributed by atoms with Crippen molar-refractivity contribution in [2.45, 2.75) is 19.6 Å². The molecule has 2 amide bonds. The topological polar surface area (TPSA) is 62.5 Å². The lowest BCUT2D eigenvalue weighted by atomic mass is 10.3. The summed E-state index contributed by atoms with van der Waals surface area (Å²) >= 11 is 6.16. The molecule has 1 N–H and O–H groups in total. The third-order valence-electron chi connectivity index (χ3n) is 4.75. The second kappa shape index (κ2) is 7.78. The van der Waals surface area contributed by atoms with Crippen molar-refractivity contribution < 1.29 is 9.52 Å². The number of anilines is 2. The zero-order valence-electron chi connectivity index (χ0n) is 15.9. The van der Waals surface area contributed by atoms with E-state index in [1.807, 2.05) is 17.0 Å². The number of carbonyl (C=O) groups excluding carboxylic acids is 1. The Hall–Kier alpha value is -2.25. The summed E-state index contributed by atoms with van der Waals surface area (Å²) in [7, 11) is -1.34. The molecular formula is C19H25ClN4O2Si. The summed E-state index contributed by atoms with van der Waals surface area (Å²) in [5.74, 6) is 0.446. The number of hydrogen-bond acceptors (Lipinski definition) is 3. The highest BCUT2D eigenvalue weighted by Gasteiger charge is 2.28.